The quantitative estimate of drug-likeness (QED) is 0.387. The molecule has 0 aromatic carbocycles. The second-order valence-electron chi connectivity index (χ2n) is 10.2. The number of allylic oxidation sites excluding steroid dienone is 5. The first kappa shape index (κ1) is 20.9. The number of ketones is 1. The van der Waals surface area contributed by atoms with Crippen molar-refractivity contribution in [3.8, 4) is 0 Å². The third-order valence-electron chi connectivity index (χ3n) is 9.18. The van der Waals surface area contributed by atoms with E-state index >= 15 is 0 Å². The minimum atomic E-state index is -1.60. The van der Waals surface area contributed by atoms with Crippen molar-refractivity contribution < 1.29 is 4.79 Å². The second kappa shape index (κ2) is 7.09. The molecule has 0 amide bonds. The van der Waals surface area contributed by atoms with Gasteiger partial charge in [0.25, 0.3) is 0 Å². The highest BCUT2D eigenvalue weighted by atomic mass is 16.1. The maximum absolute atomic E-state index is 13.7. The number of carbonyl (C=O) groups is 1. The Bertz CT molecular complexity index is 901. The minimum Gasteiger partial charge on any atom is -0.280 e. The van der Waals surface area contributed by atoms with Crippen LogP contribution in [0.15, 0.2) is 49.1 Å². The largest absolute Gasteiger partial charge is 0.544 e. The molecule has 156 valence electrons. The summed E-state index contributed by atoms with van der Waals surface area (Å²) in [4.78, 5) is 21.1. The van der Waals surface area contributed by atoms with E-state index in [2.05, 4.69) is 42.4 Å². The van der Waals surface area contributed by atoms with Crippen LogP contribution in [0.5, 0.6) is 0 Å². The lowest BCUT2D eigenvalue weighted by Crippen LogP contribution is -2.56. The van der Waals surface area contributed by atoms with E-state index in [4.69, 9.17) is 13.1 Å². The molecule has 4 aliphatic rings. The van der Waals surface area contributed by atoms with Gasteiger partial charge in [-0.25, -0.2) is 22.8 Å². The maximum Gasteiger partial charge on any atom is 0.544 e. The van der Waals surface area contributed by atoms with Gasteiger partial charge in [-0.2, -0.15) is 0 Å². The number of hydrogen-bond acceptors (Lipinski definition) is 1. The molecule has 3 saturated carbocycles. The molecule has 0 saturated heterocycles. The summed E-state index contributed by atoms with van der Waals surface area (Å²) >= 11 is 0. The molecular formula is C27H32N2O. The van der Waals surface area contributed by atoms with Gasteiger partial charge in [0.05, 0.1) is 5.41 Å². The Labute approximate surface area is 181 Å². The molecule has 0 aliphatic heterocycles. The molecule has 0 radical (unpaired) electrons. The molecule has 0 aromatic heterocycles. The lowest BCUT2D eigenvalue weighted by Gasteiger charge is -2.54. The van der Waals surface area contributed by atoms with Crippen LogP contribution in [0.1, 0.15) is 58.3 Å². The van der Waals surface area contributed by atoms with Crippen LogP contribution in [0.2, 0.25) is 0 Å². The number of carbonyl (C=O) groups excluding carboxylic acids is 1. The fourth-order valence-corrected chi connectivity index (χ4v) is 7.65. The third-order valence-corrected chi connectivity index (χ3v) is 9.18. The van der Waals surface area contributed by atoms with Crippen molar-refractivity contribution in [3.63, 3.8) is 0 Å². The summed E-state index contributed by atoms with van der Waals surface area (Å²) in [6, 6.07) is 0. The molecule has 0 N–H and O–H groups in total. The lowest BCUT2D eigenvalue weighted by atomic mass is 9.47. The second-order valence-corrected chi connectivity index (χ2v) is 10.2. The van der Waals surface area contributed by atoms with Crippen LogP contribution < -0.4 is 0 Å². The Morgan fingerprint density at radius 3 is 2.43 bits per heavy atom. The topological polar surface area (TPSA) is 25.8 Å². The van der Waals surface area contributed by atoms with Gasteiger partial charge < -0.3 is 0 Å². The Hall–Kier alpha value is -2.39. The molecule has 4 rings (SSSR count). The predicted molar refractivity (Wildman–Crippen MR) is 120 cm³/mol. The number of Topliss-reactive ketones (excluding diaryl/α,β-unsaturated/α-hetero) is 1. The summed E-state index contributed by atoms with van der Waals surface area (Å²) in [5.41, 5.74) is 0.385. The minimum absolute atomic E-state index is 0.128. The first-order valence-corrected chi connectivity index (χ1v) is 11.3. The van der Waals surface area contributed by atoms with Gasteiger partial charge in [0.1, 0.15) is 6.42 Å². The van der Waals surface area contributed by atoms with Crippen molar-refractivity contribution in [2.24, 2.45) is 34.5 Å². The van der Waals surface area contributed by atoms with Crippen LogP contribution in [0.4, 0.5) is 0 Å². The highest BCUT2D eigenvalue weighted by Crippen LogP contribution is 2.65. The molecule has 0 spiro atoms. The highest BCUT2D eigenvalue weighted by Gasteiger charge is 2.70. The summed E-state index contributed by atoms with van der Waals surface area (Å²) in [6.07, 6.45) is 12.7. The van der Waals surface area contributed by atoms with E-state index < -0.39 is 11.1 Å². The van der Waals surface area contributed by atoms with Crippen LogP contribution in [0.3, 0.4) is 0 Å². The fraction of sp³-hybridized carbons (Fsp3) is 0.593. The number of nitrogens with zero attached hydrogens (tertiary/aromatic N) is 2. The van der Waals surface area contributed by atoms with Gasteiger partial charge in [-0.1, -0.05) is 42.9 Å². The average Bonchev–Trinajstić information content (AvgIpc) is 3.05. The van der Waals surface area contributed by atoms with E-state index in [9.17, 15) is 4.79 Å². The van der Waals surface area contributed by atoms with E-state index in [1.54, 1.807) is 12.2 Å². The standard InChI is InChI=1S/C27H32N2O/c1-7-14-26(15-8-2)23-12-10-20-19(13-16-25(4)18(3)9-11-22(20)25)21(23)17-27(28-5,29-6)24(26)30/h7-8,12,19-22H,1-3,9-11,13-17H2,4H3/t19-,20+,21?,22-,25+/m0/s1. The van der Waals surface area contributed by atoms with Gasteiger partial charge in [0.15, 0.2) is 0 Å². The Kier molecular flexibility index (Phi) is 4.93. The van der Waals surface area contributed by atoms with Crippen molar-refractivity contribution in [2.75, 3.05) is 0 Å². The van der Waals surface area contributed by atoms with E-state index in [0.29, 0.717) is 37.0 Å². The van der Waals surface area contributed by atoms with Gasteiger partial charge in [0, 0.05) is 5.92 Å². The Morgan fingerprint density at radius 2 is 1.83 bits per heavy atom. The molecule has 30 heavy (non-hydrogen) atoms. The predicted octanol–water partition coefficient (Wildman–Crippen LogP) is 6.58. The van der Waals surface area contributed by atoms with Crippen LogP contribution in [-0.2, 0) is 4.79 Å². The number of rotatable bonds is 4. The molecule has 0 heterocycles. The summed E-state index contributed by atoms with van der Waals surface area (Å²) in [7, 11) is 0. The lowest BCUT2D eigenvalue weighted by molar-refractivity contribution is -0.133. The maximum atomic E-state index is 13.7. The zero-order valence-electron chi connectivity index (χ0n) is 18.1. The van der Waals surface area contributed by atoms with Crippen molar-refractivity contribution in [1.82, 2.24) is 0 Å². The van der Waals surface area contributed by atoms with Gasteiger partial charge >= 0.3 is 11.4 Å². The van der Waals surface area contributed by atoms with Crippen molar-refractivity contribution >= 4 is 5.78 Å². The van der Waals surface area contributed by atoms with E-state index in [0.717, 1.165) is 25.7 Å². The molecule has 0 aromatic rings. The van der Waals surface area contributed by atoms with E-state index in [1.807, 2.05) is 0 Å². The van der Waals surface area contributed by atoms with Gasteiger partial charge in [-0.15, -0.1) is 13.2 Å². The third kappa shape index (κ3) is 2.51. The van der Waals surface area contributed by atoms with Crippen molar-refractivity contribution in [3.05, 3.63) is 71.9 Å². The molecule has 3 fully saturated rings. The normalized spacial score (nSPS) is 38.2. The SMILES string of the molecule is [C-]#[N+]C1([N+]#[C-])CC2C(=CC[C@@H]3[C@@H]2CC[C@]2(C)C(=C)CC[C@@H]32)C(CC=C)(CC=C)C1=O. The summed E-state index contributed by atoms with van der Waals surface area (Å²) < 4.78 is 0. The number of fused-ring (bicyclic) bond motifs is 5. The smallest absolute Gasteiger partial charge is 0.280 e. The molecule has 5 atom stereocenters. The van der Waals surface area contributed by atoms with Crippen LogP contribution in [0, 0.1) is 47.6 Å². The van der Waals surface area contributed by atoms with Crippen LogP contribution >= 0.6 is 0 Å². The first-order valence-electron chi connectivity index (χ1n) is 11.3. The Morgan fingerprint density at radius 1 is 1.17 bits per heavy atom. The number of hydrogen-bond donors (Lipinski definition) is 0. The van der Waals surface area contributed by atoms with E-state index in [1.165, 1.54) is 17.6 Å². The summed E-state index contributed by atoms with van der Waals surface area (Å²) in [5, 5.41) is 0. The van der Waals surface area contributed by atoms with Crippen LogP contribution in [-0.4, -0.2) is 11.4 Å². The van der Waals surface area contributed by atoms with Crippen molar-refractivity contribution in [2.45, 2.75) is 64.0 Å². The summed E-state index contributed by atoms with van der Waals surface area (Å²) in [6.45, 7) is 30.3. The summed E-state index contributed by atoms with van der Waals surface area (Å²) in [5.74, 6) is 1.53. The molecule has 3 nitrogen and oxygen atoms in total. The van der Waals surface area contributed by atoms with Crippen molar-refractivity contribution in [1.29, 1.82) is 0 Å². The molecule has 4 aliphatic carbocycles. The fourth-order valence-electron chi connectivity index (χ4n) is 7.65. The van der Waals surface area contributed by atoms with Gasteiger partial charge in [-0.05, 0) is 68.1 Å². The molecular weight excluding hydrogens is 368 g/mol. The zero-order valence-corrected chi connectivity index (χ0v) is 18.1. The molecule has 1 unspecified atom stereocenters. The molecule has 0 bridgehead atoms. The zero-order chi connectivity index (χ0) is 21.7. The van der Waals surface area contributed by atoms with Crippen LogP contribution in [0.25, 0.3) is 9.69 Å². The highest BCUT2D eigenvalue weighted by molar-refractivity contribution is 6.00. The monoisotopic (exact) mass is 400 g/mol. The first-order chi connectivity index (χ1) is 14.3. The van der Waals surface area contributed by atoms with Gasteiger partial charge in [0.2, 0.25) is 0 Å². The Balaban J connectivity index is 1.84. The molecule has 3 heteroatoms. The average molecular weight is 401 g/mol. The van der Waals surface area contributed by atoms with E-state index in [-0.39, 0.29) is 17.1 Å². The van der Waals surface area contributed by atoms with Gasteiger partial charge in [-0.3, -0.25) is 4.79 Å².